The lowest BCUT2D eigenvalue weighted by Crippen LogP contribution is -2.51. The van der Waals surface area contributed by atoms with E-state index in [1.54, 1.807) is 0 Å². The van der Waals surface area contributed by atoms with Gasteiger partial charge in [-0.25, -0.2) is 0 Å². The van der Waals surface area contributed by atoms with Crippen LogP contribution in [0.25, 0.3) is 0 Å². The molecule has 0 amide bonds. The molecule has 2 saturated carbocycles. The number of aliphatic hydroxyl groups is 1. The number of esters is 1. The highest BCUT2D eigenvalue weighted by Crippen LogP contribution is 2.33. The van der Waals surface area contributed by atoms with Crippen LogP contribution >= 0.6 is 0 Å². The third-order valence-corrected chi connectivity index (χ3v) is 5.95. The highest BCUT2D eigenvalue weighted by atomic mass is 16.5. The molecule has 2 fully saturated rings. The molecule has 0 aliphatic heterocycles. The number of aliphatic hydroxyl groups excluding tert-OH is 1. The topological polar surface area (TPSA) is 75.6 Å². The van der Waals surface area contributed by atoms with Gasteiger partial charge in [-0.2, -0.15) is 0 Å². The number of rotatable bonds is 9. The number of hydrogen-bond donors (Lipinski definition) is 2. The third kappa shape index (κ3) is 5.39. The Morgan fingerprint density at radius 3 is 2.30 bits per heavy atom. The number of aryl methyl sites for hydroxylation is 1. The lowest BCUT2D eigenvalue weighted by molar-refractivity contribution is -0.157. The first kappa shape index (κ1) is 20.0. The maximum atomic E-state index is 12.8. The molecule has 1 aromatic carbocycles. The fourth-order valence-electron chi connectivity index (χ4n) is 4.16. The molecule has 148 valence electrons. The number of nitrogens with one attached hydrogen (secondary N) is 1. The summed E-state index contributed by atoms with van der Waals surface area (Å²) in [6.45, 7) is 0.247. The van der Waals surface area contributed by atoms with E-state index in [2.05, 4.69) is 5.32 Å². The van der Waals surface area contributed by atoms with Gasteiger partial charge in [-0.05, 0) is 56.1 Å². The van der Waals surface area contributed by atoms with Gasteiger partial charge in [0.25, 0.3) is 0 Å². The average molecular weight is 373 g/mol. The molecule has 2 aliphatic rings. The molecule has 0 radical (unpaired) electrons. The molecule has 2 N–H and O–H groups in total. The Morgan fingerprint density at radius 1 is 1.04 bits per heavy atom. The number of benzene rings is 1. The van der Waals surface area contributed by atoms with Crippen molar-refractivity contribution < 1.29 is 19.4 Å². The number of carbonyl (C=O) groups is 2. The Morgan fingerprint density at radius 2 is 1.67 bits per heavy atom. The van der Waals surface area contributed by atoms with Gasteiger partial charge in [0.05, 0.1) is 0 Å². The van der Waals surface area contributed by atoms with Crippen LogP contribution in [-0.4, -0.2) is 35.1 Å². The number of ether oxygens (including phenoxy) is 1. The van der Waals surface area contributed by atoms with Crippen molar-refractivity contribution in [1.82, 2.24) is 5.32 Å². The van der Waals surface area contributed by atoms with Gasteiger partial charge in [-0.15, -0.1) is 0 Å². The van der Waals surface area contributed by atoms with Crippen LogP contribution in [0.5, 0.6) is 0 Å². The van der Waals surface area contributed by atoms with Crippen LogP contribution in [0.15, 0.2) is 24.3 Å². The summed E-state index contributed by atoms with van der Waals surface area (Å²) in [4.78, 5) is 24.1. The van der Waals surface area contributed by atoms with E-state index in [9.17, 15) is 9.59 Å². The molecule has 2 aliphatic carbocycles. The van der Waals surface area contributed by atoms with Gasteiger partial charge in [0.1, 0.15) is 18.2 Å². The second-order valence-corrected chi connectivity index (χ2v) is 7.97. The van der Waals surface area contributed by atoms with Crippen LogP contribution in [-0.2, 0) is 27.3 Å². The molecule has 5 nitrogen and oxygen atoms in total. The molecule has 0 heterocycles. The highest BCUT2D eigenvalue weighted by molar-refractivity contribution is 5.81. The van der Waals surface area contributed by atoms with Crippen molar-refractivity contribution in [3.8, 4) is 0 Å². The number of ketones is 1. The zero-order valence-electron chi connectivity index (χ0n) is 16.0. The van der Waals surface area contributed by atoms with Crippen LogP contribution in [0.3, 0.4) is 0 Å². The smallest absolute Gasteiger partial charge is 0.326 e. The van der Waals surface area contributed by atoms with Crippen LogP contribution < -0.4 is 5.32 Å². The van der Waals surface area contributed by atoms with E-state index in [0.29, 0.717) is 19.4 Å². The maximum absolute atomic E-state index is 12.8. The number of carbonyl (C=O) groups excluding carboxylic acids is 2. The number of hydrogen-bond acceptors (Lipinski definition) is 5. The first-order valence-electron chi connectivity index (χ1n) is 10.3. The fourth-order valence-corrected chi connectivity index (χ4v) is 4.16. The van der Waals surface area contributed by atoms with Crippen molar-refractivity contribution in [3.05, 3.63) is 35.4 Å². The minimum absolute atomic E-state index is 0.0639. The fraction of sp³-hybridized carbons (Fsp3) is 0.636. The van der Waals surface area contributed by atoms with Gasteiger partial charge >= 0.3 is 5.97 Å². The van der Waals surface area contributed by atoms with Gasteiger partial charge in [-0.1, -0.05) is 37.1 Å². The minimum atomic E-state index is -0.533. The lowest BCUT2D eigenvalue weighted by Gasteiger charge is -2.29. The van der Waals surface area contributed by atoms with Crippen molar-refractivity contribution in [2.75, 3.05) is 6.61 Å². The summed E-state index contributed by atoms with van der Waals surface area (Å²) in [6.07, 6.45) is 9.26. The van der Waals surface area contributed by atoms with E-state index in [-0.39, 0.29) is 24.5 Å². The Bertz CT molecular complexity index is 628. The molecule has 0 spiro atoms. The predicted molar refractivity (Wildman–Crippen MR) is 103 cm³/mol. The van der Waals surface area contributed by atoms with Gasteiger partial charge in [0.15, 0.2) is 5.78 Å². The summed E-state index contributed by atoms with van der Waals surface area (Å²) in [7, 11) is 0. The summed E-state index contributed by atoms with van der Waals surface area (Å²) in [5, 5.41) is 12.3. The third-order valence-electron chi connectivity index (χ3n) is 5.95. The first-order valence-corrected chi connectivity index (χ1v) is 10.3. The van der Waals surface area contributed by atoms with E-state index in [1.807, 2.05) is 24.3 Å². The summed E-state index contributed by atoms with van der Waals surface area (Å²) in [5.41, 5.74) is 1.67. The molecule has 0 unspecified atom stereocenters. The molecule has 0 bridgehead atoms. The SMILES string of the molecule is O=C(CO)CCc1ccc(CNC2(C(=O)OC3CCCC3)CCCC2)cc1. The van der Waals surface area contributed by atoms with E-state index >= 15 is 0 Å². The Kier molecular flexibility index (Phi) is 7.02. The average Bonchev–Trinajstić information content (AvgIpc) is 3.38. The molecular formula is C22H31NO4. The summed E-state index contributed by atoms with van der Waals surface area (Å²) < 4.78 is 5.82. The van der Waals surface area contributed by atoms with Gasteiger partial charge in [0.2, 0.25) is 0 Å². The Balaban J connectivity index is 1.54. The Labute approximate surface area is 161 Å². The Hall–Kier alpha value is -1.72. The van der Waals surface area contributed by atoms with Crippen LogP contribution in [0, 0.1) is 0 Å². The second-order valence-electron chi connectivity index (χ2n) is 7.97. The zero-order chi connectivity index (χ0) is 19.1. The van der Waals surface area contributed by atoms with E-state index in [0.717, 1.165) is 62.5 Å². The molecule has 1 aromatic rings. The van der Waals surface area contributed by atoms with Crippen molar-refractivity contribution >= 4 is 11.8 Å². The molecular weight excluding hydrogens is 342 g/mol. The van der Waals surface area contributed by atoms with Gasteiger partial charge in [0, 0.05) is 13.0 Å². The molecule has 0 aromatic heterocycles. The van der Waals surface area contributed by atoms with Gasteiger partial charge < -0.3 is 9.84 Å². The lowest BCUT2D eigenvalue weighted by atomic mass is 9.96. The molecule has 3 rings (SSSR count). The summed E-state index contributed by atoms with van der Waals surface area (Å²) >= 11 is 0. The van der Waals surface area contributed by atoms with Crippen molar-refractivity contribution in [1.29, 1.82) is 0 Å². The van der Waals surface area contributed by atoms with Crippen LogP contribution in [0.4, 0.5) is 0 Å². The predicted octanol–water partition coefficient (Wildman–Crippen LogP) is 3.07. The van der Waals surface area contributed by atoms with Crippen molar-refractivity contribution in [2.45, 2.75) is 82.4 Å². The van der Waals surface area contributed by atoms with Crippen molar-refractivity contribution in [3.63, 3.8) is 0 Å². The highest BCUT2D eigenvalue weighted by Gasteiger charge is 2.43. The summed E-state index contributed by atoms with van der Waals surface area (Å²) in [6, 6.07) is 8.10. The largest absolute Gasteiger partial charge is 0.461 e. The van der Waals surface area contributed by atoms with Crippen molar-refractivity contribution in [2.24, 2.45) is 0 Å². The zero-order valence-corrected chi connectivity index (χ0v) is 16.0. The maximum Gasteiger partial charge on any atom is 0.326 e. The quantitative estimate of drug-likeness (QED) is 0.651. The molecule has 5 heteroatoms. The minimum Gasteiger partial charge on any atom is -0.461 e. The molecule has 27 heavy (non-hydrogen) atoms. The van der Waals surface area contributed by atoms with E-state index < -0.39 is 5.54 Å². The monoisotopic (exact) mass is 373 g/mol. The van der Waals surface area contributed by atoms with Gasteiger partial charge in [-0.3, -0.25) is 14.9 Å². The van der Waals surface area contributed by atoms with Crippen LogP contribution in [0.2, 0.25) is 0 Å². The molecule has 0 saturated heterocycles. The normalized spacial score (nSPS) is 19.3. The molecule has 0 atom stereocenters. The van der Waals surface area contributed by atoms with E-state index in [4.69, 9.17) is 9.84 Å². The first-order chi connectivity index (χ1) is 13.1. The number of Topliss-reactive ketones (excluding diaryl/α,β-unsaturated/α-hetero) is 1. The summed E-state index contributed by atoms with van der Waals surface area (Å²) in [5.74, 6) is -0.198. The standard InChI is InChI=1S/C22H31NO4/c24-16-19(25)12-11-17-7-9-18(10-8-17)15-23-22(13-3-4-14-22)21(26)27-20-5-1-2-6-20/h7-10,20,23-24H,1-6,11-16H2. The van der Waals surface area contributed by atoms with Crippen LogP contribution in [0.1, 0.15) is 68.9 Å². The second kappa shape index (κ2) is 9.47. The van der Waals surface area contributed by atoms with E-state index in [1.165, 1.54) is 0 Å².